The van der Waals surface area contributed by atoms with Gasteiger partial charge in [-0.1, -0.05) is 11.6 Å². The zero-order chi connectivity index (χ0) is 11.9. The van der Waals surface area contributed by atoms with Gasteiger partial charge in [0.2, 0.25) is 0 Å². The molecule has 0 amide bonds. The van der Waals surface area contributed by atoms with E-state index < -0.39 is 5.97 Å². The molecule has 0 spiro atoms. The van der Waals surface area contributed by atoms with Crippen LogP contribution < -0.4 is 0 Å². The van der Waals surface area contributed by atoms with E-state index in [9.17, 15) is 4.79 Å². The molecule has 0 aliphatic rings. The normalized spacial score (nSPS) is 10.9. The van der Waals surface area contributed by atoms with Gasteiger partial charge in [0, 0.05) is 12.1 Å². The number of carboxylic acids is 1. The van der Waals surface area contributed by atoms with Crippen LogP contribution in [0.25, 0.3) is 11.0 Å². The third kappa shape index (κ3) is 1.76. The second-order valence-electron chi connectivity index (χ2n) is 3.72. The summed E-state index contributed by atoms with van der Waals surface area (Å²) in [5.41, 5.74) is 2.29. The Morgan fingerprint density at radius 3 is 2.88 bits per heavy atom. The molecular formula is C11H11ClN2O2. The van der Waals surface area contributed by atoms with E-state index >= 15 is 0 Å². The van der Waals surface area contributed by atoms with Crippen molar-refractivity contribution in [2.75, 3.05) is 0 Å². The minimum Gasteiger partial charge on any atom is -0.481 e. The predicted molar refractivity (Wildman–Crippen MR) is 61.8 cm³/mol. The van der Waals surface area contributed by atoms with Crippen molar-refractivity contribution in [3.8, 4) is 0 Å². The predicted octanol–water partition coefficient (Wildman–Crippen LogP) is 2.16. The van der Waals surface area contributed by atoms with Crippen molar-refractivity contribution in [2.45, 2.75) is 13.3 Å². The van der Waals surface area contributed by atoms with Gasteiger partial charge in [-0.15, -0.1) is 0 Å². The largest absolute Gasteiger partial charge is 0.481 e. The van der Waals surface area contributed by atoms with E-state index in [0.717, 1.165) is 16.9 Å². The number of aryl methyl sites for hydroxylation is 2. The SMILES string of the molecule is Cc1nc2cc(CC(=O)O)c(Cl)cc2n1C. The molecule has 2 rings (SSSR count). The Hall–Kier alpha value is -1.55. The Labute approximate surface area is 97.5 Å². The molecule has 16 heavy (non-hydrogen) atoms. The van der Waals surface area contributed by atoms with Gasteiger partial charge in [0.25, 0.3) is 0 Å². The smallest absolute Gasteiger partial charge is 0.307 e. The third-order valence-corrected chi connectivity index (χ3v) is 2.97. The molecule has 0 aliphatic carbocycles. The minimum atomic E-state index is -0.895. The molecule has 84 valence electrons. The van der Waals surface area contributed by atoms with Crippen molar-refractivity contribution in [1.29, 1.82) is 0 Å². The van der Waals surface area contributed by atoms with Crippen molar-refractivity contribution < 1.29 is 9.90 Å². The van der Waals surface area contributed by atoms with E-state index in [1.165, 1.54) is 0 Å². The van der Waals surface area contributed by atoms with Gasteiger partial charge in [-0.2, -0.15) is 0 Å². The van der Waals surface area contributed by atoms with Gasteiger partial charge in [-0.25, -0.2) is 4.98 Å². The Morgan fingerprint density at radius 2 is 2.25 bits per heavy atom. The van der Waals surface area contributed by atoms with Crippen molar-refractivity contribution in [1.82, 2.24) is 9.55 Å². The summed E-state index contributed by atoms with van der Waals surface area (Å²) in [6, 6.07) is 3.49. The number of nitrogens with zero attached hydrogens (tertiary/aromatic N) is 2. The first kappa shape index (κ1) is 11.0. The van der Waals surface area contributed by atoms with Gasteiger partial charge in [-0.3, -0.25) is 4.79 Å². The molecule has 2 aromatic rings. The molecule has 1 aromatic carbocycles. The summed E-state index contributed by atoms with van der Waals surface area (Å²) in [5, 5.41) is 9.21. The average Bonchev–Trinajstić information content (AvgIpc) is 2.44. The number of fused-ring (bicyclic) bond motifs is 1. The van der Waals surface area contributed by atoms with Gasteiger partial charge in [0.1, 0.15) is 5.82 Å². The van der Waals surface area contributed by atoms with Gasteiger partial charge in [0.05, 0.1) is 17.5 Å². The fraction of sp³-hybridized carbons (Fsp3) is 0.273. The number of carbonyl (C=O) groups is 1. The molecule has 0 saturated heterocycles. The third-order valence-electron chi connectivity index (χ3n) is 2.61. The summed E-state index contributed by atoms with van der Waals surface area (Å²) in [6.07, 6.45) is -0.0790. The molecular weight excluding hydrogens is 228 g/mol. The van der Waals surface area contributed by atoms with E-state index in [-0.39, 0.29) is 6.42 Å². The monoisotopic (exact) mass is 238 g/mol. The first-order valence-electron chi connectivity index (χ1n) is 4.82. The number of carboxylic acid groups (broad SMARTS) is 1. The number of hydrogen-bond donors (Lipinski definition) is 1. The van der Waals surface area contributed by atoms with Crippen LogP contribution in [0.4, 0.5) is 0 Å². The lowest BCUT2D eigenvalue weighted by molar-refractivity contribution is -0.136. The lowest BCUT2D eigenvalue weighted by Crippen LogP contribution is -2.00. The maximum Gasteiger partial charge on any atom is 0.307 e. The lowest BCUT2D eigenvalue weighted by Gasteiger charge is -2.02. The van der Waals surface area contributed by atoms with Gasteiger partial charge >= 0.3 is 5.97 Å². The van der Waals surface area contributed by atoms with E-state index in [4.69, 9.17) is 16.7 Å². The van der Waals surface area contributed by atoms with Crippen molar-refractivity contribution >= 4 is 28.6 Å². The lowest BCUT2D eigenvalue weighted by atomic mass is 10.1. The van der Waals surface area contributed by atoms with Crippen LogP contribution in [0.2, 0.25) is 5.02 Å². The zero-order valence-electron chi connectivity index (χ0n) is 8.99. The topological polar surface area (TPSA) is 55.1 Å². The van der Waals surface area contributed by atoms with Gasteiger partial charge < -0.3 is 9.67 Å². The van der Waals surface area contributed by atoms with Crippen molar-refractivity contribution in [3.63, 3.8) is 0 Å². The van der Waals surface area contributed by atoms with E-state index in [1.807, 2.05) is 18.5 Å². The fourth-order valence-corrected chi connectivity index (χ4v) is 1.90. The summed E-state index contributed by atoms with van der Waals surface area (Å²) in [6.45, 7) is 1.89. The summed E-state index contributed by atoms with van der Waals surface area (Å²) < 4.78 is 1.92. The molecule has 0 unspecified atom stereocenters. The Bertz CT molecular complexity index is 575. The summed E-state index contributed by atoms with van der Waals surface area (Å²) in [7, 11) is 1.90. The number of benzene rings is 1. The number of halogens is 1. The van der Waals surface area contributed by atoms with Crippen LogP contribution in [0.5, 0.6) is 0 Å². The Balaban J connectivity index is 2.62. The summed E-state index contributed by atoms with van der Waals surface area (Å²) >= 11 is 6.02. The van der Waals surface area contributed by atoms with E-state index in [2.05, 4.69) is 4.98 Å². The highest BCUT2D eigenvalue weighted by molar-refractivity contribution is 6.32. The van der Waals surface area contributed by atoms with Crippen LogP contribution in [0.1, 0.15) is 11.4 Å². The molecule has 0 aliphatic heterocycles. The molecule has 0 fully saturated rings. The zero-order valence-corrected chi connectivity index (χ0v) is 9.75. The van der Waals surface area contributed by atoms with Crippen LogP contribution in [0, 0.1) is 6.92 Å². The maximum absolute atomic E-state index is 10.6. The van der Waals surface area contributed by atoms with Crippen LogP contribution >= 0.6 is 11.6 Å². The Morgan fingerprint density at radius 1 is 1.56 bits per heavy atom. The minimum absolute atomic E-state index is 0.0790. The van der Waals surface area contributed by atoms with Crippen LogP contribution in [0.3, 0.4) is 0 Å². The van der Waals surface area contributed by atoms with Gasteiger partial charge in [-0.05, 0) is 24.6 Å². The fourth-order valence-electron chi connectivity index (χ4n) is 1.67. The molecule has 0 radical (unpaired) electrons. The van der Waals surface area contributed by atoms with Crippen molar-refractivity contribution in [3.05, 3.63) is 28.5 Å². The highest BCUT2D eigenvalue weighted by atomic mass is 35.5. The number of aromatic nitrogens is 2. The molecule has 1 heterocycles. The van der Waals surface area contributed by atoms with Crippen LogP contribution in [-0.4, -0.2) is 20.6 Å². The second kappa shape index (κ2) is 3.79. The first-order valence-corrected chi connectivity index (χ1v) is 5.20. The molecule has 0 atom stereocenters. The number of aliphatic carboxylic acids is 1. The molecule has 0 saturated carbocycles. The van der Waals surface area contributed by atoms with E-state index in [1.54, 1.807) is 12.1 Å². The molecule has 1 N–H and O–H groups in total. The standard InChI is InChI=1S/C11H11ClN2O2/c1-6-13-9-3-7(4-11(15)16)8(12)5-10(9)14(6)2/h3,5H,4H2,1-2H3,(H,15,16). The van der Waals surface area contributed by atoms with Crippen LogP contribution in [0.15, 0.2) is 12.1 Å². The summed E-state index contributed by atoms with van der Waals surface area (Å²) in [4.78, 5) is 15.0. The highest BCUT2D eigenvalue weighted by Gasteiger charge is 2.11. The maximum atomic E-state index is 10.6. The highest BCUT2D eigenvalue weighted by Crippen LogP contribution is 2.24. The molecule has 4 nitrogen and oxygen atoms in total. The van der Waals surface area contributed by atoms with Gasteiger partial charge in [0.15, 0.2) is 0 Å². The van der Waals surface area contributed by atoms with Crippen molar-refractivity contribution in [2.24, 2.45) is 7.05 Å². The summed E-state index contributed by atoms with van der Waals surface area (Å²) in [5.74, 6) is -0.0209. The molecule has 5 heteroatoms. The number of hydrogen-bond acceptors (Lipinski definition) is 2. The second-order valence-corrected chi connectivity index (χ2v) is 4.13. The first-order chi connectivity index (χ1) is 7.49. The number of imidazole rings is 1. The number of rotatable bonds is 2. The van der Waals surface area contributed by atoms with E-state index in [0.29, 0.717) is 10.6 Å². The Kier molecular flexibility index (Phi) is 2.59. The van der Waals surface area contributed by atoms with Crippen LogP contribution in [-0.2, 0) is 18.3 Å². The average molecular weight is 239 g/mol. The quantitative estimate of drug-likeness (QED) is 0.872. The molecule has 0 bridgehead atoms. The molecule has 1 aromatic heterocycles.